The zero-order valence-electron chi connectivity index (χ0n) is 17.2. The molecule has 0 bridgehead atoms. The highest BCUT2D eigenvalue weighted by Crippen LogP contribution is 2.45. The number of benzene rings is 1. The Kier molecular flexibility index (Phi) is 5.08. The first-order chi connectivity index (χ1) is 14.0. The Morgan fingerprint density at radius 1 is 1.24 bits per heavy atom. The van der Waals surface area contributed by atoms with Crippen LogP contribution in [0.4, 0.5) is 11.6 Å². The Morgan fingerprint density at radius 2 is 2.00 bits per heavy atom. The Hall–Kier alpha value is -3.16. The van der Waals surface area contributed by atoms with Gasteiger partial charge in [0.2, 0.25) is 11.8 Å². The third-order valence-corrected chi connectivity index (χ3v) is 5.74. The zero-order chi connectivity index (χ0) is 20.5. The van der Waals surface area contributed by atoms with Crippen molar-refractivity contribution in [1.82, 2.24) is 24.8 Å². The molecular weight excluding hydrogens is 368 g/mol. The van der Waals surface area contributed by atoms with Gasteiger partial charge in [-0.3, -0.25) is 9.48 Å². The molecule has 29 heavy (non-hydrogen) atoms. The van der Waals surface area contributed by atoms with Crippen LogP contribution in [0.2, 0.25) is 0 Å². The lowest BCUT2D eigenvalue weighted by atomic mass is 9.94. The molecule has 4 rings (SSSR count). The fourth-order valence-corrected chi connectivity index (χ4v) is 4.11. The summed E-state index contributed by atoms with van der Waals surface area (Å²) in [6, 6.07) is 9.81. The van der Waals surface area contributed by atoms with E-state index in [1.54, 1.807) is 0 Å². The summed E-state index contributed by atoms with van der Waals surface area (Å²) < 4.78 is 7.51. The van der Waals surface area contributed by atoms with Crippen LogP contribution in [0.1, 0.15) is 49.4 Å². The van der Waals surface area contributed by atoms with Crippen molar-refractivity contribution in [2.24, 2.45) is 7.05 Å². The van der Waals surface area contributed by atoms with Gasteiger partial charge in [-0.1, -0.05) is 18.2 Å². The van der Waals surface area contributed by atoms with Crippen LogP contribution in [0, 0.1) is 6.92 Å². The number of para-hydroxylation sites is 1. The molecule has 1 aliphatic rings. The number of rotatable bonds is 6. The third kappa shape index (κ3) is 3.28. The number of aromatic nitrogens is 4. The number of amides is 1. The molecule has 0 unspecified atom stereocenters. The molecule has 1 amide bonds. The Bertz CT molecular complexity index is 996. The minimum Gasteiger partial charge on any atom is -0.337 e. The van der Waals surface area contributed by atoms with Crippen molar-refractivity contribution in [3.63, 3.8) is 0 Å². The van der Waals surface area contributed by atoms with Crippen LogP contribution >= 0.6 is 0 Å². The molecule has 1 saturated heterocycles. The number of likely N-dealkylation sites (N-methyl/N-ethyl adjacent to an activating group) is 1. The third-order valence-electron chi connectivity index (χ3n) is 5.74. The minimum absolute atomic E-state index is 0.0981. The highest BCUT2D eigenvalue weighted by atomic mass is 16.5. The molecule has 1 fully saturated rings. The first-order valence-corrected chi connectivity index (χ1v) is 9.99. The Balaban J connectivity index is 1.70. The summed E-state index contributed by atoms with van der Waals surface area (Å²) in [5.74, 6) is 0.909. The predicted octanol–water partition coefficient (Wildman–Crippen LogP) is 3.35. The number of likely N-dealkylation sites (tertiary alicyclic amines) is 1. The molecule has 3 aromatic rings. The van der Waals surface area contributed by atoms with Crippen molar-refractivity contribution in [3.8, 4) is 0 Å². The van der Waals surface area contributed by atoms with E-state index < -0.39 is 0 Å². The highest BCUT2D eigenvalue weighted by Gasteiger charge is 2.45. The van der Waals surface area contributed by atoms with Crippen molar-refractivity contribution in [2.75, 3.05) is 18.0 Å². The second-order valence-electron chi connectivity index (χ2n) is 7.26. The second kappa shape index (κ2) is 7.69. The fraction of sp³-hybridized carbons (Fsp3) is 0.429. The molecule has 0 spiro atoms. The number of carbonyl (C=O) groups excluding carboxylic acids is 1. The van der Waals surface area contributed by atoms with Crippen LogP contribution in [-0.4, -0.2) is 43.8 Å². The maximum absolute atomic E-state index is 12.7. The van der Waals surface area contributed by atoms with E-state index in [-0.39, 0.29) is 17.9 Å². The van der Waals surface area contributed by atoms with Crippen molar-refractivity contribution in [3.05, 3.63) is 53.7 Å². The van der Waals surface area contributed by atoms with Crippen molar-refractivity contribution in [1.29, 1.82) is 0 Å². The van der Waals surface area contributed by atoms with Crippen LogP contribution in [0.25, 0.3) is 0 Å². The number of carbonyl (C=O) groups is 1. The molecule has 3 heterocycles. The SMILES string of the molecule is CCN(c1ccccc1)c1noc([C@@H]2CC(=O)N(CC)[C@H]2c2cnn(C)c2C)n1. The average molecular weight is 394 g/mol. The topological polar surface area (TPSA) is 80.3 Å². The number of hydrogen-bond acceptors (Lipinski definition) is 6. The minimum atomic E-state index is -0.193. The van der Waals surface area contributed by atoms with E-state index in [1.807, 2.05) is 78.8 Å². The largest absolute Gasteiger partial charge is 0.337 e. The van der Waals surface area contributed by atoms with E-state index in [0.717, 1.165) is 16.9 Å². The number of aryl methyl sites for hydroxylation is 1. The standard InChI is InChI=1S/C21H26N6O2/c1-5-26(15-10-8-7-9-11-15)21-23-20(29-24-21)16-12-18(28)27(6-2)19(16)17-13-22-25(4)14(17)3/h7-11,13,16,19H,5-6,12H2,1-4H3/t16-,19-/m1/s1. The van der Waals surface area contributed by atoms with Crippen LogP contribution in [0.5, 0.6) is 0 Å². The molecule has 8 heteroatoms. The smallest absolute Gasteiger partial charge is 0.270 e. The van der Waals surface area contributed by atoms with E-state index in [4.69, 9.17) is 9.51 Å². The summed E-state index contributed by atoms with van der Waals surface area (Å²) in [4.78, 5) is 21.3. The van der Waals surface area contributed by atoms with Gasteiger partial charge in [0.1, 0.15) is 0 Å². The van der Waals surface area contributed by atoms with Gasteiger partial charge >= 0.3 is 0 Å². The maximum Gasteiger partial charge on any atom is 0.270 e. The van der Waals surface area contributed by atoms with Gasteiger partial charge < -0.3 is 14.3 Å². The maximum atomic E-state index is 12.7. The molecule has 0 radical (unpaired) electrons. The van der Waals surface area contributed by atoms with Gasteiger partial charge in [-0.25, -0.2) is 0 Å². The molecule has 152 valence electrons. The Labute approximate surface area is 170 Å². The fourth-order valence-electron chi connectivity index (χ4n) is 4.11. The summed E-state index contributed by atoms with van der Waals surface area (Å²) in [6.07, 6.45) is 2.19. The molecule has 1 aromatic carbocycles. The normalized spacial score (nSPS) is 19.2. The van der Waals surface area contributed by atoms with E-state index >= 15 is 0 Å². The van der Waals surface area contributed by atoms with Gasteiger partial charge in [-0.05, 0) is 38.1 Å². The van der Waals surface area contributed by atoms with Gasteiger partial charge in [0.15, 0.2) is 0 Å². The van der Waals surface area contributed by atoms with Crippen LogP contribution < -0.4 is 4.90 Å². The lowest BCUT2D eigenvalue weighted by Gasteiger charge is -2.25. The quantitative estimate of drug-likeness (QED) is 0.638. The average Bonchev–Trinajstić information content (AvgIpc) is 3.42. The Morgan fingerprint density at radius 3 is 2.62 bits per heavy atom. The van der Waals surface area contributed by atoms with Gasteiger partial charge in [0.05, 0.1) is 18.2 Å². The molecule has 0 aliphatic carbocycles. The van der Waals surface area contributed by atoms with Crippen LogP contribution in [0.3, 0.4) is 0 Å². The summed E-state index contributed by atoms with van der Waals surface area (Å²) >= 11 is 0. The first-order valence-electron chi connectivity index (χ1n) is 9.99. The lowest BCUT2D eigenvalue weighted by molar-refractivity contribution is -0.128. The van der Waals surface area contributed by atoms with Gasteiger partial charge in [-0.15, -0.1) is 0 Å². The van der Waals surface area contributed by atoms with Crippen LogP contribution in [0.15, 0.2) is 41.1 Å². The van der Waals surface area contributed by atoms with E-state index in [0.29, 0.717) is 31.3 Å². The first kappa shape index (κ1) is 19.2. The highest BCUT2D eigenvalue weighted by molar-refractivity contribution is 5.80. The van der Waals surface area contributed by atoms with E-state index in [1.165, 1.54) is 0 Å². The van der Waals surface area contributed by atoms with E-state index in [2.05, 4.69) is 10.3 Å². The van der Waals surface area contributed by atoms with Gasteiger partial charge in [-0.2, -0.15) is 10.1 Å². The molecule has 2 atom stereocenters. The van der Waals surface area contributed by atoms with E-state index in [9.17, 15) is 4.79 Å². The second-order valence-corrected chi connectivity index (χ2v) is 7.26. The monoisotopic (exact) mass is 394 g/mol. The van der Waals surface area contributed by atoms with Crippen molar-refractivity contribution in [2.45, 2.75) is 39.2 Å². The molecule has 1 aliphatic heterocycles. The predicted molar refractivity (Wildman–Crippen MR) is 109 cm³/mol. The summed E-state index contributed by atoms with van der Waals surface area (Å²) in [6.45, 7) is 7.39. The van der Waals surface area contributed by atoms with Gasteiger partial charge in [0.25, 0.3) is 5.95 Å². The lowest BCUT2D eigenvalue weighted by Crippen LogP contribution is -2.28. The van der Waals surface area contributed by atoms with Crippen molar-refractivity contribution < 1.29 is 9.32 Å². The van der Waals surface area contributed by atoms with Crippen molar-refractivity contribution >= 4 is 17.5 Å². The number of hydrogen-bond donors (Lipinski definition) is 0. The molecule has 2 aromatic heterocycles. The number of nitrogens with zero attached hydrogens (tertiary/aromatic N) is 6. The number of anilines is 2. The summed E-state index contributed by atoms with van der Waals surface area (Å²) in [5.41, 5.74) is 3.06. The zero-order valence-corrected chi connectivity index (χ0v) is 17.2. The summed E-state index contributed by atoms with van der Waals surface area (Å²) in [7, 11) is 1.91. The van der Waals surface area contributed by atoms with Crippen LogP contribution in [-0.2, 0) is 11.8 Å². The summed E-state index contributed by atoms with van der Waals surface area (Å²) in [5, 5.41) is 8.60. The molecular formula is C21H26N6O2. The van der Waals surface area contributed by atoms with Gasteiger partial charge in [0, 0.05) is 43.5 Å². The molecule has 0 saturated carbocycles. The molecule has 8 nitrogen and oxygen atoms in total. The molecule has 0 N–H and O–H groups in total.